The van der Waals surface area contributed by atoms with Gasteiger partial charge < -0.3 is 9.47 Å². The molecule has 2 bridgehead atoms. The van der Waals surface area contributed by atoms with Gasteiger partial charge in [0, 0.05) is 0 Å². The van der Waals surface area contributed by atoms with Gasteiger partial charge >= 0.3 is 11.9 Å². The minimum Gasteiger partial charge on any atom is -0.465 e. The van der Waals surface area contributed by atoms with E-state index in [0.717, 1.165) is 12.8 Å². The number of carbonyl (C=O) groups is 2. The molecule has 0 heterocycles. The highest BCUT2D eigenvalue weighted by Gasteiger charge is 2.85. The third-order valence-corrected chi connectivity index (χ3v) is 9.19. The minimum absolute atomic E-state index is 0.151. The molecule has 0 aromatic heterocycles. The summed E-state index contributed by atoms with van der Waals surface area (Å²) in [5, 5.41) is -0.332. The number of halogens is 6. The van der Waals surface area contributed by atoms with E-state index >= 15 is 0 Å². The number of hydrogen-bond donors (Lipinski definition) is 0. The van der Waals surface area contributed by atoms with Gasteiger partial charge in [-0.1, -0.05) is 73.1 Å². The van der Waals surface area contributed by atoms with Crippen molar-refractivity contribution in [3.05, 3.63) is 10.1 Å². The van der Waals surface area contributed by atoms with Crippen molar-refractivity contribution < 1.29 is 19.1 Å². The second-order valence-corrected chi connectivity index (χ2v) is 9.90. The summed E-state index contributed by atoms with van der Waals surface area (Å²) < 4.78 is 8.53. The summed E-state index contributed by atoms with van der Waals surface area (Å²) in [6.45, 7) is 4.19. The second-order valence-electron chi connectivity index (χ2n) is 6.62. The summed E-state index contributed by atoms with van der Waals surface area (Å²) in [4.78, 5) is 21.8. The van der Waals surface area contributed by atoms with Gasteiger partial charge in [0.05, 0.1) is 35.1 Å². The molecule has 0 amide bonds. The smallest absolute Gasteiger partial charge is 0.312 e. The Bertz CT molecular complexity index is 599. The van der Waals surface area contributed by atoms with E-state index in [1.165, 1.54) is 0 Å². The summed E-state index contributed by atoms with van der Waals surface area (Å²) >= 11 is 38.8. The van der Waals surface area contributed by atoms with Crippen molar-refractivity contribution in [2.75, 3.05) is 13.2 Å². The molecule has 2 aliphatic carbocycles. The van der Waals surface area contributed by atoms with Gasteiger partial charge in [-0.3, -0.25) is 9.59 Å². The molecule has 0 aromatic carbocycles. The standard InChI is InChI=1S/C17H20Cl6O4/c1-3-5-7-26-13(24)9-10(14(25)27-8-6-4-2)16(21)12(19)11(18)15(9,20)17(16,22)23/h9-10H,3-8H2,1-2H3/t9?,10?,15-,16-/m0/s1. The highest BCUT2D eigenvalue weighted by Crippen LogP contribution is 2.76. The summed E-state index contributed by atoms with van der Waals surface area (Å²) in [6, 6.07) is 0. The van der Waals surface area contributed by atoms with Gasteiger partial charge in [0.15, 0.2) is 4.33 Å². The SMILES string of the molecule is CCCCOC(=O)C1C(C(=O)OCCCC)[C@]2(Cl)C(Cl)=C(Cl)[C@]1(Cl)C2(Cl)Cl. The van der Waals surface area contributed by atoms with E-state index < -0.39 is 37.9 Å². The molecule has 2 rings (SSSR count). The Morgan fingerprint density at radius 3 is 1.44 bits per heavy atom. The molecule has 4 nitrogen and oxygen atoms in total. The number of carbonyl (C=O) groups excluding carboxylic acids is 2. The van der Waals surface area contributed by atoms with Crippen LogP contribution in [-0.4, -0.2) is 39.2 Å². The zero-order chi connectivity index (χ0) is 20.6. The van der Waals surface area contributed by atoms with Gasteiger partial charge in [-0.15, -0.1) is 23.2 Å². The molecule has 2 unspecified atom stereocenters. The first-order chi connectivity index (χ1) is 12.5. The predicted molar refractivity (Wildman–Crippen MR) is 109 cm³/mol. The van der Waals surface area contributed by atoms with Gasteiger partial charge in [-0.05, 0) is 12.8 Å². The van der Waals surface area contributed by atoms with E-state index in [9.17, 15) is 9.59 Å². The van der Waals surface area contributed by atoms with E-state index in [1.54, 1.807) is 0 Å². The van der Waals surface area contributed by atoms with Crippen LogP contribution in [-0.2, 0) is 19.1 Å². The van der Waals surface area contributed by atoms with E-state index in [1.807, 2.05) is 13.8 Å². The maximum absolute atomic E-state index is 12.8. The van der Waals surface area contributed by atoms with E-state index in [-0.39, 0.29) is 23.3 Å². The van der Waals surface area contributed by atoms with Crippen molar-refractivity contribution >= 4 is 81.5 Å². The molecular weight excluding hydrogens is 481 g/mol. The van der Waals surface area contributed by atoms with Crippen LogP contribution in [0.15, 0.2) is 10.1 Å². The van der Waals surface area contributed by atoms with Gasteiger partial charge in [-0.25, -0.2) is 0 Å². The molecule has 0 radical (unpaired) electrons. The molecule has 1 fully saturated rings. The van der Waals surface area contributed by atoms with Crippen LogP contribution in [0.25, 0.3) is 0 Å². The van der Waals surface area contributed by atoms with E-state index in [4.69, 9.17) is 79.1 Å². The normalized spacial score (nSPS) is 34.1. The molecule has 0 spiro atoms. The highest BCUT2D eigenvalue weighted by atomic mass is 35.5. The van der Waals surface area contributed by atoms with Gasteiger partial charge in [-0.2, -0.15) is 0 Å². The monoisotopic (exact) mass is 498 g/mol. The molecule has 10 heteroatoms. The summed E-state index contributed by atoms with van der Waals surface area (Å²) in [5.41, 5.74) is 0. The molecular formula is C17H20Cl6O4. The van der Waals surface area contributed by atoms with Crippen LogP contribution in [0.5, 0.6) is 0 Å². The molecule has 0 aliphatic heterocycles. The van der Waals surface area contributed by atoms with Gasteiger partial charge in [0.1, 0.15) is 9.75 Å². The van der Waals surface area contributed by atoms with Crippen molar-refractivity contribution in [3.63, 3.8) is 0 Å². The van der Waals surface area contributed by atoms with Crippen LogP contribution in [0.2, 0.25) is 0 Å². The molecule has 0 aromatic rings. The fourth-order valence-electron chi connectivity index (χ4n) is 3.39. The number of unbranched alkanes of at least 4 members (excludes halogenated alkanes) is 2. The Hall–Kier alpha value is 0.420. The van der Waals surface area contributed by atoms with E-state index in [2.05, 4.69) is 0 Å². The first-order valence-electron chi connectivity index (χ1n) is 8.68. The number of alkyl halides is 4. The average Bonchev–Trinajstić information content (AvgIpc) is 2.82. The lowest BCUT2D eigenvalue weighted by Crippen LogP contribution is -2.46. The first-order valence-corrected chi connectivity index (χ1v) is 10.9. The molecule has 1 saturated carbocycles. The number of esters is 2. The largest absolute Gasteiger partial charge is 0.465 e. The number of ether oxygens (including phenoxy) is 2. The second kappa shape index (κ2) is 8.65. The van der Waals surface area contributed by atoms with Gasteiger partial charge in [0.2, 0.25) is 0 Å². The minimum atomic E-state index is -2.03. The lowest BCUT2D eigenvalue weighted by Gasteiger charge is -2.33. The van der Waals surface area contributed by atoms with Crippen LogP contribution < -0.4 is 0 Å². The van der Waals surface area contributed by atoms with E-state index in [0.29, 0.717) is 12.8 Å². The number of allylic oxidation sites excluding steroid dienone is 2. The first kappa shape index (κ1) is 23.7. The predicted octanol–water partition coefficient (Wildman–Crippen LogP) is 5.75. The Morgan fingerprint density at radius 2 is 1.15 bits per heavy atom. The lowest BCUT2D eigenvalue weighted by atomic mass is 9.82. The summed E-state index contributed by atoms with van der Waals surface area (Å²) in [5.74, 6) is -4.22. The van der Waals surface area contributed by atoms with Crippen LogP contribution in [0.4, 0.5) is 0 Å². The Morgan fingerprint density at radius 1 is 0.815 bits per heavy atom. The van der Waals surface area contributed by atoms with Crippen LogP contribution >= 0.6 is 69.6 Å². The summed E-state index contributed by atoms with van der Waals surface area (Å²) in [7, 11) is 0. The molecule has 2 aliphatic rings. The lowest BCUT2D eigenvalue weighted by molar-refractivity contribution is -0.160. The topological polar surface area (TPSA) is 52.6 Å². The average molecular weight is 501 g/mol. The highest BCUT2D eigenvalue weighted by molar-refractivity contribution is 6.66. The molecule has 0 saturated heterocycles. The van der Waals surface area contributed by atoms with Crippen molar-refractivity contribution in [2.45, 2.75) is 53.6 Å². The Balaban J connectivity index is 2.47. The maximum Gasteiger partial charge on any atom is 0.312 e. The van der Waals surface area contributed by atoms with Gasteiger partial charge in [0.25, 0.3) is 0 Å². The molecule has 0 N–H and O–H groups in total. The van der Waals surface area contributed by atoms with Crippen molar-refractivity contribution in [1.82, 2.24) is 0 Å². The van der Waals surface area contributed by atoms with Crippen LogP contribution in [0.3, 0.4) is 0 Å². The Kier molecular flexibility index (Phi) is 7.59. The Labute approximate surface area is 188 Å². The summed E-state index contributed by atoms with van der Waals surface area (Å²) in [6.07, 6.45) is 2.91. The maximum atomic E-state index is 12.8. The quantitative estimate of drug-likeness (QED) is 0.242. The zero-order valence-electron chi connectivity index (χ0n) is 14.8. The zero-order valence-corrected chi connectivity index (χ0v) is 19.3. The third-order valence-electron chi connectivity index (χ3n) is 4.93. The number of hydrogen-bond acceptors (Lipinski definition) is 4. The van der Waals surface area contributed by atoms with Crippen LogP contribution in [0, 0.1) is 11.8 Å². The number of fused-ring (bicyclic) bond motifs is 2. The van der Waals surface area contributed by atoms with Crippen molar-refractivity contribution in [3.8, 4) is 0 Å². The molecule has 154 valence electrons. The third kappa shape index (κ3) is 3.37. The fraction of sp³-hybridized carbons (Fsp3) is 0.765. The van der Waals surface area contributed by atoms with Crippen LogP contribution in [0.1, 0.15) is 39.5 Å². The molecule has 4 atom stereocenters. The number of rotatable bonds is 8. The fourth-order valence-corrected chi connectivity index (χ4v) is 6.31. The molecule has 27 heavy (non-hydrogen) atoms. The van der Waals surface area contributed by atoms with Crippen molar-refractivity contribution in [1.29, 1.82) is 0 Å². The van der Waals surface area contributed by atoms with Crippen molar-refractivity contribution in [2.24, 2.45) is 11.8 Å².